The number of ketones is 2. The van der Waals surface area contributed by atoms with Gasteiger partial charge in [0.2, 0.25) is 0 Å². The summed E-state index contributed by atoms with van der Waals surface area (Å²) in [5.41, 5.74) is 0. The van der Waals surface area contributed by atoms with Gasteiger partial charge < -0.3 is 5.11 Å². The molecule has 2 heterocycles. The average molecular weight is 211 g/mol. The number of fused-ring (bicyclic) bond motifs is 1. The number of carboxylic acids is 1. The molecule has 15 heavy (non-hydrogen) atoms. The molecule has 5 heteroatoms. The Labute approximate surface area is 87.1 Å². The van der Waals surface area contributed by atoms with Crippen LogP contribution in [-0.2, 0) is 14.4 Å². The standard InChI is InChI=1S/C10H13NO4/c12-6-1-3-11-4-2-7(10(14)15)9(13)8(11)5-6/h7-8H,1-5H2,(H,14,15). The molecule has 0 amide bonds. The minimum absolute atomic E-state index is 0.0654. The zero-order valence-corrected chi connectivity index (χ0v) is 8.31. The Morgan fingerprint density at radius 3 is 2.73 bits per heavy atom. The van der Waals surface area contributed by atoms with Gasteiger partial charge in [-0.15, -0.1) is 0 Å². The monoisotopic (exact) mass is 211 g/mol. The van der Waals surface area contributed by atoms with Crippen LogP contribution in [0.25, 0.3) is 0 Å². The van der Waals surface area contributed by atoms with Gasteiger partial charge in [0.1, 0.15) is 11.7 Å². The highest BCUT2D eigenvalue weighted by atomic mass is 16.4. The average Bonchev–Trinajstić information content (AvgIpc) is 2.19. The Balaban J connectivity index is 2.15. The maximum atomic E-state index is 11.8. The molecule has 2 saturated heterocycles. The summed E-state index contributed by atoms with van der Waals surface area (Å²) in [5, 5.41) is 8.84. The van der Waals surface area contributed by atoms with Gasteiger partial charge in [0.25, 0.3) is 0 Å². The van der Waals surface area contributed by atoms with Crippen molar-refractivity contribution in [2.45, 2.75) is 25.3 Å². The van der Waals surface area contributed by atoms with Crippen LogP contribution in [0.15, 0.2) is 0 Å². The summed E-state index contributed by atoms with van der Waals surface area (Å²) in [7, 11) is 0. The molecule has 0 aromatic carbocycles. The first-order valence-corrected chi connectivity index (χ1v) is 5.12. The zero-order chi connectivity index (χ0) is 11.0. The molecule has 2 atom stereocenters. The Bertz CT molecular complexity index is 325. The van der Waals surface area contributed by atoms with Crippen molar-refractivity contribution in [1.82, 2.24) is 4.90 Å². The van der Waals surface area contributed by atoms with E-state index in [2.05, 4.69) is 0 Å². The lowest BCUT2D eigenvalue weighted by Crippen LogP contribution is -2.55. The molecule has 2 fully saturated rings. The van der Waals surface area contributed by atoms with E-state index in [-0.39, 0.29) is 18.0 Å². The molecule has 0 radical (unpaired) electrons. The quantitative estimate of drug-likeness (QED) is 0.602. The largest absolute Gasteiger partial charge is 0.481 e. The SMILES string of the molecule is O=C1CCN2CCC(C(=O)O)C(=O)C2C1. The number of hydrogen-bond acceptors (Lipinski definition) is 4. The molecule has 0 aromatic heterocycles. The normalized spacial score (nSPS) is 32.5. The van der Waals surface area contributed by atoms with Gasteiger partial charge in [0, 0.05) is 25.9 Å². The lowest BCUT2D eigenvalue weighted by Gasteiger charge is -2.39. The van der Waals surface area contributed by atoms with E-state index in [9.17, 15) is 14.4 Å². The van der Waals surface area contributed by atoms with Gasteiger partial charge in [-0.25, -0.2) is 0 Å². The molecule has 2 aliphatic rings. The third-order valence-corrected chi connectivity index (χ3v) is 3.21. The van der Waals surface area contributed by atoms with Crippen molar-refractivity contribution >= 4 is 17.5 Å². The highest BCUT2D eigenvalue weighted by molar-refractivity contribution is 6.03. The summed E-state index contributed by atoms with van der Waals surface area (Å²) < 4.78 is 0. The second kappa shape index (κ2) is 3.73. The van der Waals surface area contributed by atoms with Crippen molar-refractivity contribution in [3.8, 4) is 0 Å². The van der Waals surface area contributed by atoms with E-state index in [0.717, 1.165) is 0 Å². The van der Waals surface area contributed by atoms with Crippen molar-refractivity contribution in [3.05, 3.63) is 0 Å². The Kier molecular flexibility index (Phi) is 2.56. The molecule has 5 nitrogen and oxygen atoms in total. The van der Waals surface area contributed by atoms with Gasteiger partial charge >= 0.3 is 5.97 Å². The van der Waals surface area contributed by atoms with E-state index in [1.807, 2.05) is 4.90 Å². The number of rotatable bonds is 1. The predicted molar refractivity (Wildman–Crippen MR) is 50.4 cm³/mol. The number of piperidine rings is 2. The van der Waals surface area contributed by atoms with Gasteiger partial charge in [0.15, 0.2) is 5.78 Å². The first kappa shape index (κ1) is 10.3. The maximum Gasteiger partial charge on any atom is 0.314 e. The number of carboxylic acid groups (broad SMARTS) is 1. The highest BCUT2D eigenvalue weighted by Gasteiger charge is 2.42. The summed E-state index contributed by atoms with van der Waals surface area (Å²) in [6, 6.07) is -0.471. The van der Waals surface area contributed by atoms with Gasteiger partial charge in [0.05, 0.1) is 6.04 Å². The minimum Gasteiger partial charge on any atom is -0.481 e. The van der Waals surface area contributed by atoms with Crippen LogP contribution in [0.2, 0.25) is 0 Å². The zero-order valence-electron chi connectivity index (χ0n) is 8.31. The Morgan fingerprint density at radius 2 is 2.07 bits per heavy atom. The minimum atomic E-state index is -1.06. The summed E-state index contributed by atoms with van der Waals surface area (Å²) >= 11 is 0. The predicted octanol–water partition coefficient (Wildman–Crippen LogP) is -0.306. The van der Waals surface area contributed by atoms with Crippen molar-refractivity contribution in [1.29, 1.82) is 0 Å². The topological polar surface area (TPSA) is 74.7 Å². The van der Waals surface area contributed by atoms with Crippen LogP contribution in [0.1, 0.15) is 19.3 Å². The van der Waals surface area contributed by atoms with Gasteiger partial charge in [-0.1, -0.05) is 0 Å². The van der Waals surface area contributed by atoms with E-state index in [4.69, 9.17) is 5.11 Å². The van der Waals surface area contributed by atoms with Crippen LogP contribution in [0.5, 0.6) is 0 Å². The fraction of sp³-hybridized carbons (Fsp3) is 0.700. The molecule has 2 unspecified atom stereocenters. The van der Waals surface area contributed by atoms with E-state index < -0.39 is 17.9 Å². The summed E-state index contributed by atoms with van der Waals surface area (Å²) in [6.45, 7) is 1.21. The Hall–Kier alpha value is -1.23. The van der Waals surface area contributed by atoms with Crippen LogP contribution in [0.3, 0.4) is 0 Å². The lowest BCUT2D eigenvalue weighted by atomic mass is 9.84. The van der Waals surface area contributed by atoms with E-state index in [1.165, 1.54) is 0 Å². The van der Waals surface area contributed by atoms with E-state index >= 15 is 0 Å². The molecule has 0 aliphatic carbocycles. The van der Waals surface area contributed by atoms with Gasteiger partial charge in [-0.2, -0.15) is 0 Å². The second-order valence-electron chi connectivity index (χ2n) is 4.13. The highest BCUT2D eigenvalue weighted by Crippen LogP contribution is 2.25. The van der Waals surface area contributed by atoms with E-state index in [0.29, 0.717) is 25.9 Å². The molecule has 0 bridgehead atoms. The molecule has 0 saturated carbocycles. The number of carbonyl (C=O) groups excluding carboxylic acids is 2. The van der Waals surface area contributed by atoms with Crippen molar-refractivity contribution in [3.63, 3.8) is 0 Å². The van der Waals surface area contributed by atoms with Gasteiger partial charge in [-0.3, -0.25) is 19.3 Å². The van der Waals surface area contributed by atoms with Gasteiger partial charge in [-0.05, 0) is 6.42 Å². The maximum absolute atomic E-state index is 11.8. The number of carbonyl (C=O) groups is 3. The second-order valence-corrected chi connectivity index (χ2v) is 4.13. The van der Waals surface area contributed by atoms with Crippen molar-refractivity contribution in [2.75, 3.05) is 13.1 Å². The van der Waals surface area contributed by atoms with Crippen LogP contribution >= 0.6 is 0 Å². The van der Waals surface area contributed by atoms with Crippen LogP contribution in [0.4, 0.5) is 0 Å². The Morgan fingerprint density at radius 1 is 1.33 bits per heavy atom. The summed E-state index contributed by atoms with van der Waals surface area (Å²) in [4.78, 5) is 35.7. The third kappa shape index (κ3) is 1.79. The molecular formula is C10H13NO4. The fourth-order valence-corrected chi connectivity index (χ4v) is 2.33. The van der Waals surface area contributed by atoms with Crippen LogP contribution in [0, 0.1) is 5.92 Å². The molecule has 2 rings (SSSR count). The number of hydrogen-bond donors (Lipinski definition) is 1. The molecular weight excluding hydrogens is 198 g/mol. The molecule has 2 aliphatic heterocycles. The molecule has 1 N–H and O–H groups in total. The van der Waals surface area contributed by atoms with Crippen LogP contribution < -0.4 is 0 Å². The van der Waals surface area contributed by atoms with Crippen molar-refractivity contribution in [2.24, 2.45) is 5.92 Å². The fourth-order valence-electron chi connectivity index (χ4n) is 2.33. The molecule has 82 valence electrons. The van der Waals surface area contributed by atoms with Crippen molar-refractivity contribution < 1.29 is 19.5 Å². The first-order chi connectivity index (χ1) is 7.09. The van der Waals surface area contributed by atoms with E-state index in [1.54, 1.807) is 0 Å². The molecule has 0 aromatic rings. The smallest absolute Gasteiger partial charge is 0.314 e. The number of aliphatic carboxylic acids is 1. The molecule has 0 spiro atoms. The van der Waals surface area contributed by atoms with Crippen LogP contribution in [-0.4, -0.2) is 46.7 Å². The number of nitrogens with zero attached hydrogens (tertiary/aromatic N) is 1. The lowest BCUT2D eigenvalue weighted by molar-refractivity contribution is -0.153. The third-order valence-electron chi connectivity index (χ3n) is 3.21. The number of Topliss-reactive ketones (excluding diaryl/α,β-unsaturated/α-hetero) is 2. The summed E-state index contributed by atoms with van der Waals surface area (Å²) in [5.74, 6) is -2.19. The summed E-state index contributed by atoms with van der Waals surface area (Å²) in [6.07, 6.45) is 1.06. The first-order valence-electron chi connectivity index (χ1n) is 5.12.